The third-order valence-electron chi connectivity index (χ3n) is 5.21. The lowest BCUT2D eigenvalue weighted by Crippen LogP contribution is -2.45. The highest BCUT2D eigenvalue weighted by molar-refractivity contribution is 14.0. The maximum absolute atomic E-state index is 12.3. The fraction of sp³-hybridized carbons (Fsp3) is 0.652. The van der Waals surface area contributed by atoms with E-state index in [2.05, 4.69) is 39.9 Å². The molecule has 8 nitrogen and oxygen atoms in total. The van der Waals surface area contributed by atoms with Gasteiger partial charge >= 0.3 is 0 Å². The SMILES string of the molecule is CN(C)C(CNC(=NCC(=O)NC(C)(C)C)Nc1ccc2c(c1)OCCCO2)C1CC1.I. The second-order valence-corrected chi connectivity index (χ2v) is 9.55. The van der Waals surface area contributed by atoms with Gasteiger partial charge in [-0.2, -0.15) is 0 Å². The smallest absolute Gasteiger partial charge is 0.242 e. The van der Waals surface area contributed by atoms with Crippen LogP contribution in [0.4, 0.5) is 5.69 Å². The molecule has 1 amide bonds. The molecule has 32 heavy (non-hydrogen) atoms. The van der Waals surface area contributed by atoms with Crippen molar-refractivity contribution < 1.29 is 14.3 Å². The van der Waals surface area contributed by atoms with E-state index in [1.807, 2.05) is 39.0 Å². The number of benzene rings is 1. The Bertz CT molecular complexity index is 788. The fourth-order valence-corrected chi connectivity index (χ4v) is 3.58. The van der Waals surface area contributed by atoms with Gasteiger partial charge in [-0.25, -0.2) is 4.99 Å². The van der Waals surface area contributed by atoms with Gasteiger partial charge in [-0.05, 0) is 65.8 Å². The number of amides is 1. The largest absolute Gasteiger partial charge is 0.490 e. The Morgan fingerprint density at radius 3 is 2.50 bits per heavy atom. The number of carbonyl (C=O) groups is 1. The molecule has 1 heterocycles. The summed E-state index contributed by atoms with van der Waals surface area (Å²) in [7, 11) is 4.21. The van der Waals surface area contributed by atoms with E-state index in [0.717, 1.165) is 30.2 Å². The van der Waals surface area contributed by atoms with E-state index < -0.39 is 0 Å². The lowest BCUT2D eigenvalue weighted by atomic mass is 10.1. The first-order chi connectivity index (χ1) is 14.7. The first-order valence-electron chi connectivity index (χ1n) is 11.1. The number of guanidine groups is 1. The molecule has 0 aromatic heterocycles. The highest BCUT2D eigenvalue weighted by Gasteiger charge is 2.32. The molecule has 3 rings (SSSR count). The summed E-state index contributed by atoms with van der Waals surface area (Å²) in [6.45, 7) is 7.98. The molecule has 180 valence electrons. The molecular weight excluding hydrogens is 521 g/mol. The van der Waals surface area contributed by atoms with Crippen LogP contribution < -0.4 is 25.4 Å². The second kappa shape index (κ2) is 11.9. The van der Waals surface area contributed by atoms with Gasteiger partial charge in [-0.3, -0.25) is 4.79 Å². The maximum Gasteiger partial charge on any atom is 0.242 e. The molecule has 0 saturated heterocycles. The molecule has 1 unspecified atom stereocenters. The van der Waals surface area contributed by atoms with Gasteiger partial charge < -0.3 is 30.3 Å². The zero-order chi connectivity index (χ0) is 22.4. The Hall–Kier alpha value is -1.75. The normalized spacial score (nSPS) is 17.1. The molecule has 0 spiro atoms. The lowest BCUT2D eigenvalue weighted by molar-refractivity contribution is -0.121. The van der Waals surface area contributed by atoms with E-state index in [4.69, 9.17) is 9.47 Å². The number of ether oxygens (including phenoxy) is 2. The summed E-state index contributed by atoms with van der Waals surface area (Å²) >= 11 is 0. The van der Waals surface area contributed by atoms with Gasteiger partial charge in [0.25, 0.3) is 0 Å². The zero-order valence-electron chi connectivity index (χ0n) is 19.9. The summed E-state index contributed by atoms with van der Waals surface area (Å²) in [5, 5.41) is 9.70. The predicted octanol–water partition coefficient (Wildman–Crippen LogP) is 3.08. The standard InChI is InChI=1S/C23H37N5O3.HI/c1-23(2,3)27-21(29)15-25-22(24-14-18(28(4)5)16-7-8-16)26-17-9-10-19-20(13-17)31-12-6-11-30-19;/h9-10,13,16,18H,6-8,11-12,14-15H2,1-5H3,(H,27,29)(H2,24,25,26);1H. The van der Waals surface area contributed by atoms with Crippen molar-refractivity contribution in [2.75, 3.05) is 45.7 Å². The predicted molar refractivity (Wildman–Crippen MR) is 139 cm³/mol. The average Bonchev–Trinajstić information content (AvgIpc) is 3.51. The molecule has 0 radical (unpaired) electrons. The molecule has 1 aromatic rings. The third-order valence-corrected chi connectivity index (χ3v) is 5.21. The van der Waals surface area contributed by atoms with Gasteiger partial charge in [0.05, 0.1) is 13.2 Å². The van der Waals surface area contributed by atoms with Crippen LogP contribution >= 0.6 is 24.0 Å². The summed E-state index contributed by atoms with van der Waals surface area (Å²) in [5.74, 6) is 2.65. The first kappa shape index (κ1) is 26.5. The van der Waals surface area contributed by atoms with Crippen LogP contribution in [-0.4, -0.2) is 68.7 Å². The number of halogens is 1. The molecule has 1 aliphatic heterocycles. The molecular formula is C23H38IN5O3. The Morgan fingerprint density at radius 2 is 1.88 bits per heavy atom. The minimum absolute atomic E-state index is 0. The number of carbonyl (C=O) groups excluding carboxylic acids is 1. The topological polar surface area (TPSA) is 87.2 Å². The van der Waals surface area contributed by atoms with Crippen molar-refractivity contribution in [2.24, 2.45) is 10.9 Å². The van der Waals surface area contributed by atoms with E-state index in [9.17, 15) is 4.79 Å². The van der Waals surface area contributed by atoms with Crippen LogP contribution in [0, 0.1) is 5.92 Å². The summed E-state index contributed by atoms with van der Waals surface area (Å²) in [4.78, 5) is 19.1. The van der Waals surface area contributed by atoms with Crippen molar-refractivity contribution in [1.29, 1.82) is 0 Å². The number of nitrogens with zero attached hydrogens (tertiary/aromatic N) is 2. The number of rotatable bonds is 7. The number of hydrogen-bond donors (Lipinski definition) is 3. The molecule has 0 bridgehead atoms. The van der Waals surface area contributed by atoms with E-state index >= 15 is 0 Å². The summed E-state index contributed by atoms with van der Waals surface area (Å²) in [6.07, 6.45) is 3.39. The van der Waals surface area contributed by atoms with Crippen molar-refractivity contribution in [1.82, 2.24) is 15.5 Å². The lowest BCUT2D eigenvalue weighted by Gasteiger charge is -2.25. The van der Waals surface area contributed by atoms with E-state index in [0.29, 0.717) is 31.1 Å². The van der Waals surface area contributed by atoms with Crippen molar-refractivity contribution >= 4 is 41.5 Å². The number of aliphatic imine (C=N–C) groups is 1. The Morgan fingerprint density at radius 1 is 1.19 bits per heavy atom. The third kappa shape index (κ3) is 8.65. The summed E-state index contributed by atoms with van der Waals surface area (Å²) in [5.41, 5.74) is 0.545. The first-order valence-corrected chi connectivity index (χ1v) is 11.1. The van der Waals surface area contributed by atoms with Crippen molar-refractivity contribution in [3.63, 3.8) is 0 Å². The Balaban J connectivity index is 0.00000363. The van der Waals surface area contributed by atoms with Gasteiger partial charge in [-0.15, -0.1) is 24.0 Å². The van der Waals surface area contributed by atoms with E-state index in [1.165, 1.54) is 12.8 Å². The van der Waals surface area contributed by atoms with Crippen LogP contribution in [0.3, 0.4) is 0 Å². The molecule has 2 aliphatic rings. The van der Waals surface area contributed by atoms with Crippen molar-refractivity contribution in [3.05, 3.63) is 18.2 Å². The van der Waals surface area contributed by atoms with Gasteiger partial charge in [-0.1, -0.05) is 0 Å². The molecule has 1 aromatic carbocycles. The monoisotopic (exact) mass is 559 g/mol. The highest BCUT2D eigenvalue weighted by atomic mass is 127. The van der Waals surface area contributed by atoms with Crippen molar-refractivity contribution in [3.8, 4) is 11.5 Å². The quantitative estimate of drug-likeness (QED) is 0.271. The van der Waals surface area contributed by atoms with Crippen LogP contribution in [0.15, 0.2) is 23.2 Å². The number of nitrogens with one attached hydrogen (secondary N) is 3. The number of fused-ring (bicyclic) bond motifs is 1. The van der Waals surface area contributed by atoms with Crippen molar-refractivity contribution in [2.45, 2.75) is 51.6 Å². The average molecular weight is 559 g/mol. The second-order valence-electron chi connectivity index (χ2n) is 9.55. The summed E-state index contributed by atoms with van der Waals surface area (Å²) < 4.78 is 11.5. The molecule has 1 saturated carbocycles. The fourth-order valence-electron chi connectivity index (χ4n) is 3.58. The number of anilines is 1. The van der Waals surface area contributed by atoms with E-state index in [-0.39, 0.29) is 42.0 Å². The van der Waals surface area contributed by atoms with Crippen LogP contribution in [0.5, 0.6) is 11.5 Å². The zero-order valence-corrected chi connectivity index (χ0v) is 22.2. The minimum atomic E-state index is -0.288. The number of hydrogen-bond acceptors (Lipinski definition) is 5. The molecule has 9 heteroatoms. The molecule has 1 fully saturated rings. The molecule has 1 atom stereocenters. The van der Waals surface area contributed by atoms with Gasteiger partial charge in [0.2, 0.25) is 5.91 Å². The van der Waals surface area contributed by atoms with Crippen LogP contribution in [0.2, 0.25) is 0 Å². The van der Waals surface area contributed by atoms with Gasteiger partial charge in [0.1, 0.15) is 6.54 Å². The Labute approximate surface area is 208 Å². The van der Waals surface area contributed by atoms with E-state index in [1.54, 1.807) is 0 Å². The maximum atomic E-state index is 12.3. The highest BCUT2D eigenvalue weighted by Crippen LogP contribution is 2.34. The van der Waals surface area contributed by atoms with Crippen LogP contribution in [-0.2, 0) is 4.79 Å². The molecule has 3 N–H and O–H groups in total. The van der Waals surface area contributed by atoms with Gasteiger partial charge in [0.15, 0.2) is 17.5 Å². The molecule has 1 aliphatic carbocycles. The van der Waals surface area contributed by atoms with Gasteiger partial charge in [0, 0.05) is 36.3 Å². The summed E-state index contributed by atoms with van der Waals surface area (Å²) in [6, 6.07) is 6.18. The number of likely N-dealkylation sites (N-methyl/N-ethyl adjacent to an activating group) is 1. The minimum Gasteiger partial charge on any atom is -0.490 e. The Kier molecular flexibility index (Phi) is 9.87. The van der Waals surface area contributed by atoms with Crippen LogP contribution in [0.1, 0.15) is 40.0 Å². The van der Waals surface area contributed by atoms with Crippen LogP contribution in [0.25, 0.3) is 0 Å².